The summed E-state index contributed by atoms with van der Waals surface area (Å²) >= 11 is 3.30. The minimum Gasteiger partial charge on any atom is -0.325 e. The number of hydrogen-bond acceptors (Lipinski definition) is 5. The molecule has 0 bridgehead atoms. The molecule has 2 aromatic heterocycles. The van der Waals surface area contributed by atoms with Gasteiger partial charge in [0.1, 0.15) is 16.2 Å². The molecule has 1 amide bonds. The highest BCUT2D eigenvalue weighted by molar-refractivity contribution is 8.00. The Hall–Kier alpha value is -1.92. The first-order valence-electron chi connectivity index (χ1n) is 9.07. The Labute approximate surface area is 160 Å². The Morgan fingerprint density at radius 3 is 2.96 bits per heavy atom. The normalized spacial score (nSPS) is 15.2. The fraction of sp³-hybridized carbons (Fsp3) is 0.350. The zero-order valence-electron chi connectivity index (χ0n) is 14.4. The molecule has 2 aliphatic carbocycles. The van der Waals surface area contributed by atoms with E-state index in [-0.39, 0.29) is 5.91 Å². The molecule has 5 rings (SSSR count). The number of hydrogen-bond donors (Lipinski definition) is 1. The molecule has 0 spiro atoms. The van der Waals surface area contributed by atoms with E-state index < -0.39 is 0 Å². The third-order valence-corrected chi connectivity index (χ3v) is 7.38. The van der Waals surface area contributed by atoms with E-state index in [1.165, 1.54) is 51.6 Å². The zero-order chi connectivity index (χ0) is 17.5. The van der Waals surface area contributed by atoms with Crippen LogP contribution in [-0.4, -0.2) is 21.6 Å². The predicted octanol–water partition coefficient (Wildman–Crippen LogP) is 4.40. The van der Waals surface area contributed by atoms with Crippen LogP contribution in [0.2, 0.25) is 0 Å². The van der Waals surface area contributed by atoms with E-state index in [4.69, 9.17) is 0 Å². The Bertz CT molecular complexity index is 1010. The number of amides is 1. The van der Waals surface area contributed by atoms with Crippen LogP contribution in [0.1, 0.15) is 34.4 Å². The molecule has 0 fully saturated rings. The largest absolute Gasteiger partial charge is 0.325 e. The number of carbonyl (C=O) groups is 1. The van der Waals surface area contributed by atoms with Crippen molar-refractivity contribution >= 4 is 44.9 Å². The van der Waals surface area contributed by atoms with Gasteiger partial charge in [-0.15, -0.1) is 11.3 Å². The van der Waals surface area contributed by atoms with Crippen molar-refractivity contribution in [3.8, 4) is 0 Å². The molecule has 26 heavy (non-hydrogen) atoms. The topological polar surface area (TPSA) is 54.9 Å². The first-order chi connectivity index (χ1) is 12.8. The van der Waals surface area contributed by atoms with Crippen LogP contribution in [-0.2, 0) is 30.5 Å². The van der Waals surface area contributed by atoms with Crippen molar-refractivity contribution in [3.63, 3.8) is 0 Å². The first-order valence-corrected chi connectivity index (χ1v) is 10.9. The predicted molar refractivity (Wildman–Crippen MR) is 107 cm³/mol. The summed E-state index contributed by atoms with van der Waals surface area (Å²) in [5.41, 5.74) is 5.11. The van der Waals surface area contributed by atoms with Gasteiger partial charge in [0.05, 0.1) is 5.75 Å². The minimum absolute atomic E-state index is 0.0200. The molecule has 1 aromatic carbocycles. The van der Waals surface area contributed by atoms with Crippen molar-refractivity contribution in [2.45, 2.75) is 43.6 Å². The van der Waals surface area contributed by atoms with Crippen molar-refractivity contribution in [1.82, 2.24) is 9.97 Å². The number of aromatic nitrogens is 2. The molecule has 132 valence electrons. The van der Waals surface area contributed by atoms with Gasteiger partial charge in [-0.1, -0.05) is 17.8 Å². The molecular weight excluding hydrogens is 362 g/mol. The number of rotatable bonds is 4. The SMILES string of the molecule is O=C(CSc1ncnc2sc3c(c12)CCC3)Nc1ccc2c(c1)CCC2. The number of thiophene rings is 1. The molecule has 3 aromatic rings. The number of aryl methyl sites for hydroxylation is 4. The monoisotopic (exact) mass is 381 g/mol. The second-order valence-electron chi connectivity index (χ2n) is 6.89. The summed E-state index contributed by atoms with van der Waals surface area (Å²) in [4.78, 5) is 23.8. The summed E-state index contributed by atoms with van der Waals surface area (Å²) in [7, 11) is 0. The van der Waals surface area contributed by atoms with E-state index in [2.05, 4.69) is 27.4 Å². The van der Waals surface area contributed by atoms with E-state index in [0.29, 0.717) is 5.75 Å². The summed E-state index contributed by atoms with van der Waals surface area (Å²) < 4.78 is 0. The fourth-order valence-electron chi connectivity index (χ4n) is 3.99. The lowest BCUT2D eigenvalue weighted by atomic mass is 10.1. The van der Waals surface area contributed by atoms with Gasteiger partial charge in [-0.05, 0) is 67.3 Å². The number of anilines is 1. The number of thioether (sulfide) groups is 1. The third kappa shape index (κ3) is 2.91. The molecule has 0 unspecified atom stereocenters. The van der Waals surface area contributed by atoms with Crippen LogP contribution < -0.4 is 5.32 Å². The van der Waals surface area contributed by atoms with Crippen LogP contribution in [0.5, 0.6) is 0 Å². The molecule has 0 saturated heterocycles. The summed E-state index contributed by atoms with van der Waals surface area (Å²) in [6.07, 6.45) is 8.60. The Kier molecular flexibility index (Phi) is 4.17. The van der Waals surface area contributed by atoms with Gasteiger partial charge in [0.25, 0.3) is 0 Å². The van der Waals surface area contributed by atoms with Gasteiger partial charge in [0.15, 0.2) is 0 Å². The average molecular weight is 382 g/mol. The van der Waals surface area contributed by atoms with E-state index in [1.54, 1.807) is 17.7 Å². The number of fused-ring (bicyclic) bond motifs is 4. The second-order valence-corrected chi connectivity index (χ2v) is 8.94. The van der Waals surface area contributed by atoms with Crippen LogP contribution >= 0.6 is 23.1 Å². The smallest absolute Gasteiger partial charge is 0.234 e. The fourth-order valence-corrected chi connectivity index (χ4v) is 6.11. The Morgan fingerprint density at radius 2 is 2.00 bits per heavy atom. The lowest BCUT2D eigenvalue weighted by molar-refractivity contribution is -0.113. The van der Waals surface area contributed by atoms with Crippen molar-refractivity contribution in [2.75, 3.05) is 11.1 Å². The molecule has 0 aliphatic heterocycles. The van der Waals surface area contributed by atoms with Crippen molar-refractivity contribution in [2.24, 2.45) is 0 Å². The average Bonchev–Trinajstić information content (AvgIpc) is 3.34. The number of nitrogens with zero attached hydrogens (tertiary/aromatic N) is 2. The van der Waals surface area contributed by atoms with Gasteiger partial charge < -0.3 is 5.32 Å². The van der Waals surface area contributed by atoms with Crippen LogP contribution in [0.15, 0.2) is 29.6 Å². The molecule has 0 atom stereocenters. The summed E-state index contributed by atoms with van der Waals surface area (Å²) in [5, 5.41) is 5.16. The van der Waals surface area contributed by atoms with E-state index in [1.807, 2.05) is 6.07 Å². The summed E-state index contributed by atoms with van der Waals surface area (Å²) in [6, 6.07) is 6.29. The highest BCUT2D eigenvalue weighted by Crippen LogP contribution is 2.40. The van der Waals surface area contributed by atoms with Gasteiger partial charge in [-0.3, -0.25) is 4.79 Å². The molecule has 2 heterocycles. The highest BCUT2D eigenvalue weighted by Gasteiger charge is 2.21. The number of benzene rings is 1. The third-order valence-electron chi connectivity index (χ3n) is 5.19. The van der Waals surface area contributed by atoms with Gasteiger partial charge in [0.2, 0.25) is 5.91 Å². The zero-order valence-corrected chi connectivity index (χ0v) is 16.0. The number of carbonyl (C=O) groups excluding carboxylic acids is 1. The molecule has 1 N–H and O–H groups in total. The van der Waals surface area contributed by atoms with Gasteiger partial charge in [-0.2, -0.15) is 0 Å². The lowest BCUT2D eigenvalue weighted by Gasteiger charge is -2.08. The molecule has 6 heteroatoms. The van der Waals surface area contributed by atoms with Gasteiger partial charge in [-0.25, -0.2) is 9.97 Å². The molecule has 0 radical (unpaired) electrons. The van der Waals surface area contributed by atoms with Crippen molar-refractivity contribution in [3.05, 3.63) is 46.1 Å². The number of nitrogens with one attached hydrogen (secondary N) is 1. The maximum atomic E-state index is 12.4. The molecule has 4 nitrogen and oxygen atoms in total. The van der Waals surface area contributed by atoms with Crippen LogP contribution in [0, 0.1) is 0 Å². The van der Waals surface area contributed by atoms with Gasteiger partial charge in [0, 0.05) is 16.0 Å². The standard InChI is InChI=1S/C20H19N3OS2/c24-17(23-14-8-7-12-3-1-4-13(12)9-14)10-25-19-18-15-5-2-6-16(15)26-20(18)22-11-21-19/h7-9,11H,1-6,10H2,(H,23,24). The second kappa shape index (κ2) is 6.67. The van der Waals surface area contributed by atoms with E-state index in [0.717, 1.165) is 41.2 Å². The minimum atomic E-state index is 0.0200. The van der Waals surface area contributed by atoms with Crippen molar-refractivity contribution < 1.29 is 4.79 Å². The van der Waals surface area contributed by atoms with Crippen molar-refractivity contribution in [1.29, 1.82) is 0 Å². The maximum Gasteiger partial charge on any atom is 0.234 e. The Morgan fingerprint density at radius 1 is 1.12 bits per heavy atom. The quantitative estimate of drug-likeness (QED) is 0.538. The van der Waals surface area contributed by atoms with Crippen LogP contribution in [0.25, 0.3) is 10.2 Å². The van der Waals surface area contributed by atoms with E-state index in [9.17, 15) is 4.79 Å². The molecule has 2 aliphatic rings. The molecular formula is C20H19N3OS2. The highest BCUT2D eigenvalue weighted by atomic mass is 32.2. The van der Waals surface area contributed by atoms with E-state index >= 15 is 0 Å². The first kappa shape index (κ1) is 16.3. The van der Waals surface area contributed by atoms with Crippen LogP contribution in [0.3, 0.4) is 0 Å². The lowest BCUT2D eigenvalue weighted by Crippen LogP contribution is -2.14. The molecule has 0 saturated carbocycles. The maximum absolute atomic E-state index is 12.4. The Balaban J connectivity index is 1.30. The van der Waals surface area contributed by atoms with Crippen LogP contribution in [0.4, 0.5) is 5.69 Å². The van der Waals surface area contributed by atoms with Gasteiger partial charge >= 0.3 is 0 Å². The summed E-state index contributed by atoms with van der Waals surface area (Å²) in [6.45, 7) is 0. The summed E-state index contributed by atoms with van der Waals surface area (Å²) in [5.74, 6) is 0.389.